The average Bonchev–Trinajstić information content (AvgIpc) is 3.19. The lowest BCUT2D eigenvalue weighted by molar-refractivity contribution is 0.999. The first-order valence-electron chi connectivity index (χ1n) is 7.56. The highest BCUT2D eigenvalue weighted by Gasteiger charge is 2.10. The van der Waals surface area contributed by atoms with Crippen LogP contribution in [0.5, 0.6) is 0 Å². The van der Waals surface area contributed by atoms with Gasteiger partial charge in [0.2, 0.25) is 5.95 Å². The Hall–Kier alpha value is -2.80. The Morgan fingerprint density at radius 1 is 1.17 bits per heavy atom. The van der Waals surface area contributed by atoms with Gasteiger partial charge in [-0.05, 0) is 25.5 Å². The average molecular weight is 336 g/mol. The van der Waals surface area contributed by atoms with Crippen LogP contribution in [-0.2, 0) is 0 Å². The lowest BCUT2D eigenvalue weighted by atomic mass is 10.2. The molecule has 4 aromatic rings. The summed E-state index contributed by atoms with van der Waals surface area (Å²) in [5, 5.41) is 11.3. The highest BCUT2D eigenvalue weighted by Crippen LogP contribution is 2.30. The van der Waals surface area contributed by atoms with Gasteiger partial charge in [0.15, 0.2) is 5.82 Å². The normalized spacial score (nSPS) is 11.1. The molecule has 0 aliphatic carbocycles. The van der Waals surface area contributed by atoms with Crippen LogP contribution in [0.25, 0.3) is 5.65 Å². The van der Waals surface area contributed by atoms with Gasteiger partial charge in [-0.3, -0.25) is 9.50 Å². The number of aromatic amines is 1. The summed E-state index contributed by atoms with van der Waals surface area (Å²) in [6, 6.07) is 12.2. The van der Waals surface area contributed by atoms with Crippen molar-refractivity contribution in [1.82, 2.24) is 24.6 Å². The third kappa shape index (κ3) is 2.85. The molecule has 0 spiro atoms. The quantitative estimate of drug-likeness (QED) is 0.552. The topological polar surface area (TPSA) is 70.9 Å². The summed E-state index contributed by atoms with van der Waals surface area (Å²) in [4.78, 5) is 10.3. The molecule has 1 aromatic carbocycles. The molecule has 0 saturated carbocycles. The number of anilines is 2. The number of benzene rings is 1. The number of nitrogens with one attached hydrogen (secondary N) is 2. The van der Waals surface area contributed by atoms with Crippen LogP contribution < -0.4 is 5.32 Å². The van der Waals surface area contributed by atoms with E-state index in [-0.39, 0.29) is 0 Å². The monoisotopic (exact) mass is 336 g/mol. The zero-order valence-corrected chi connectivity index (χ0v) is 14.1. The molecule has 2 N–H and O–H groups in total. The lowest BCUT2D eigenvalue weighted by Gasteiger charge is -2.09. The molecule has 3 heterocycles. The van der Waals surface area contributed by atoms with Crippen LogP contribution in [0.4, 0.5) is 11.8 Å². The van der Waals surface area contributed by atoms with E-state index >= 15 is 0 Å². The summed E-state index contributed by atoms with van der Waals surface area (Å²) >= 11 is 1.63. The molecule has 0 aliphatic heterocycles. The summed E-state index contributed by atoms with van der Waals surface area (Å²) in [6.45, 7) is 4.06. The number of H-pyrrole nitrogens is 1. The van der Waals surface area contributed by atoms with E-state index in [4.69, 9.17) is 4.98 Å². The van der Waals surface area contributed by atoms with E-state index in [0.717, 1.165) is 22.2 Å². The number of rotatable bonds is 4. The molecule has 0 unspecified atom stereocenters. The molecule has 24 heavy (non-hydrogen) atoms. The second-order valence-electron chi connectivity index (χ2n) is 5.50. The van der Waals surface area contributed by atoms with E-state index in [1.54, 1.807) is 18.0 Å². The van der Waals surface area contributed by atoms with Gasteiger partial charge in [0.05, 0.1) is 0 Å². The van der Waals surface area contributed by atoms with Gasteiger partial charge >= 0.3 is 0 Å². The van der Waals surface area contributed by atoms with Gasteiger partial charge in [0, 0.05) is 35.1 Å². The Morgan fingerprint density at radius 3 is 2.83 bits per heavy atom. The van der Waals surface area contributed by atoms with Gasteiger partial charge in [0.25, 0.3) is 0 Å². The van der Waals surface area contributed by atoms with Crippen LogP contribution in [0.1, 0.15) is 11.3 Å². The van der Waals surface area contributed by atoms with Crippen molar-refractivity contribution in [2.75, 3.05) is 5.32 Å². The molecular weight excluding hydrogens is 320 g/mol. The van der Waals surface area contributed by atoms with E-state index in [1.165, 1.54) is 10.5 Å². The summed E-state index contributed by atoms with van der Waals surface area (Å²) in [5.41, 5.74) is 3.06. The molecular formula is C17H16N6S. The minimum Gasteiger partial charge on any atom is -0.308 e. The number of fused-ring (bicyclic) bond motifs is 1. The Morgan fingerprint density at radius 2 is 2.04 bits per heavy atom. The van der Waals surface area contributed by atoms with E-state index in [2.05, 4.69) is 39.6 Å². The fraction of sp³-hybridized carbons (Fsp3) is 0.118. The van der Waals surface area contributed by atoms with Gasteiger partial charge in [-0.15, -0.1) is 0 Å². The first-order valence-corrected chi connectivity index (χ1v) is 8.37. The van der Waals surface area contributed by atoms with Crippen molar-refractivity contribution in [2.24, 2.45) is 0 Å². The molecule has 3 aromatic heterocycles. The van der Waals surface area contributed by atoms with Gasteiger partial charge < -0.3 is 5.32 Å². The minimum atomic E-state index is 0.688. The fourth-order valence-electron chi connectivity index (χ4n) is 2.42. The van der Waals surface area contributed by atoms with Crippen LogP contribution in [0.15, 0.2) is 58.7 Å². The van der Waals surface area contributed by atoms with Gasteiger partial charge in [-0.1, -0.05) is 30.0 Å². The van der Waals surface area contributed by atoms with E-state index in [9.17, 15) is 0 Å². The minimum absolute atomic E-state index is 0.688. The molecule has 0 radical (unpaired) electrons. The van der Waals surface area contributed by atoms with Crippen LogP contribution >= 0.6 is 11.8 Å². The van der Waals surface area contributed by atoms with Gasteiger partial charge in [-0.2, -0.15) is 5.10 Å². The van der Waals surface area contributed by atoms with Crippen LogP contribution in [0, 0.1) is 13.8 Å². The second-order valence-corrected chi connectivity index (χ2v) is 6.56. The molecule has 120 valence electrons. The van der Waals surface area contributed by atoms with Gasteiger partial charge in [-0.25, -0.2) is 9.97 Å². The zero-order chi connectivity index (χ0) is 16.5. The maximum atomic E-state index is 4.73. The molecule has 0 amide bonds. The molecule has 6 nitrogen and oxygen atoms in total. The molecule has 0 fully saturated rings. The maximum absolute atomic E-state index is 4.73. The van der Waals surface area contributed by atoms with Gasteiger partial charge in [0.1, 0.15) is 10.7 Å². The molecule has 0 saturated heterocycles. The van der Waals surface area contributed by atoms with Crippen molar-refractivity contribution in [2.45, 2.75) is 23.8 Å². The van der Waals surface area contributed by atoms with Crippen molar-refractivity contribution in [1.29, 1.82) is 0 Å². The van der Waals surface area contributed by atoms with E-state index in [0.29, 0.717) is 5.95 Å². The Balaban J connectivity index is 1.73. The molecule has 0 bridgehead atoms. The van der Waals surface area contributed by atoms with Crippen LogP contribution in [-0.4, -0.2) is 24.6 Å². The highest BCUT2D eigenvalue weighted by atomic mass is 32.2. The largest absolute Gasteiger partial charge is 0.308 e. The maximum Gasteiger partial charge on any atom is 0.215 e. The molecule has 0 aliphatic rings. The predicted molar refractivity (Wildman–Crippen MR) is 94.9 cm³/mol. The Kier molecular flexibility index (Phi) is 3.70. The Bertz CT molecular complexity index is 1000. The van der Waals surface area contributed by atoms with Crippen LogP contribution in [0.2, 0.25) is 0 Å². The first-order chi connectivity index (χ1) is 11.7. The predicted octanol–water partition coefficient (Wildman–Crippen LogP) is 3.96. The molecule has 4 rings (SSSR count). The lowest BCUT2D eigenvalue weighted by Crippen LogP contribution is -2.02. The van der Waals surface area contributed by atoms with Crippen molar-refractivity contribution in [3.63, 3.8) is 0 Å². The number of hydrogen-bond donors (Lipinski definition) is 2. The van der Waals surface area contributed by atoms with Crippen LogP contribution in [0.3, 0.4) is 0 Å². The number of imidazole rings is 1. The third-order valence-corrected chi connectivity index (χ3v) is 4.72. The summed E-state index contributed by atoms with van der Waals surface area (Å²) < 4.78 is 1.91. The summed E-state index contributed by atoms with van der Waals surface area (Å²) in [6.07, 6.45) is 3.65. The van der Waals surface area contributed by atoms with E-state index in [1.807, 2.05) is 41.8 Å². The standard InChI is InChI=1S/C17H16N6S/c1-11-5-3-4-6-13(11)24-16-10-15-18-7-8-23(15)17(20-16)19-14-9-12(2)21-22-14/h3-10H,1-2H3,(H2,19,20,21,22). The van der Waals surface area contributed by atoms with Crippen molar-refractivity contribution < 1.29 is 0 Å². The number of nitrogens with zero attached hydrogens (tertiary/aromatic N) is 4. The molecule has 7 heteroatoms. The van der Waals surface area contributed by atoms with Crippen molar-refractivity contribution in [3.8, 4) is 0 Å². The van der Waals surface area contributed by atoms with Crippen molar-refractivity contribution >= 4 is 29.2 Å². The fourth-order valence-corrected chi connectivity index (χ4v) is 3.32. The second kappa shape index (κ2) is 6.01. The number of aromatic nitrogens is 5. The molecule has 0 atom stereocenters. The third-order valence-electron chi connectivity index (χ3n) is 3.62. The number of aryl methyl sites for hydroxylation is 2. The Labute approximate surface area is 143 Å². The zero-order valence-electron chi connectivity index (χ0n) is 13.3. The highest BCUT2D eigenvalue weighted by molar-refractivity contribution is 7.99. The SMILES string of the molecule is Cc1cc(Nc2nc(Sc3ccccc3C)cc3nccn23)n[nH]1. The summed E-state index contributed by atoms with van der Waals surface area (Å²) in [5.74, 6) is 1.42. The first kappa shape index (κ1) is 14.8. The number of hydrogen-bond acceptors (Lipinski definition) is 5. The van der Waals surface area contributed by atoms with E-state index < -0.39 is 0 Å². The summed E-state index contributed by atoms with van der Waals surface area (Å²) in [7, 11) is 0. The van der Waals surface area contributed by atoms with Crippen molar-refractivity contribution in [3.05, 3.63) is 60.0 Å². The smallest absolute Gasteiger partial charge is 0.215 e.